The van der Waals surface area contributed by atoms with E-state index in [9.17, 15) is 14.4 Å². The Labute approximate surface area is 511 Å². The number of unbranched alkanes of at least 4 members (excludes halogenated alkanes) is 49. The van der Waals surface area contributed by atoms with E-state index in [4.69, 9.17) is 14.2 Å². The minimum atomic E-state index is -0.773. The summed E-state index contributed by atoms with van der Waals surface area (Å²) in [7, 11) is 0. The quantitative estimate of drug-likeness (QED) is 0.0261. The number of rotatable bonds is 68. The highest BCUT2D eigenvalue weighted by Gasteiger charge is 2.19. The van der Waals surface area contributed by atoms with E-state index in [0.29, 0.717) is 19.3 Å². The lowest BCUT2D eigenvalue weighted by Gasteiger charge is -2.18. The molecule has 480 valence electrons. The summed E-state index contributed by atoms with van der Waals surface area (Å²) >= 11 is 0. The van der Waals surface area contributed by atoms with E-state index in [1.807, 2.05) is 0 Å². The predicted octanol–water partition coefficient (Wildman–Crippen LogP) is 25.3. The number of carbonyl (C=O) groups excluding carboxylic acids is 3. The van der Waals surface area contributed by atoms with Crippen LogP contribution in [0.5, 0.6) is 0 Å². The molecule has 0 N–H and O–H groups in total. The largest absolute Gasteiger partial charge is 0.462 e. The standard InChI is InChI=1S/C76H140O6/c1-4-7-10-13-16-19-22-25-28-30-32-34-36-37-38-39-41-42-44-46-48-51-54-57-60-63-66-69-75(78)81-72-73(71-80-74(77)68-65-62-59-56-53-50-27-24-21-18-15-12-9-6-3)82-76(79)70-67-64-61-58-55-52-49-47-45-43-40-35-33-31-29-26-23-20-17-14-11-8-5-2/h22,25,30-33,36-37,73H,4-21,23-24,26-29,34-35,38-72H2,1-3H3/b25-22-,32-30-,33-31-,37-36-. The molecule has 0 aliphatic carbocycles. The smallest absolute Gasteiger partial charge is 0.306 e. The number of allylic oxidation sites excluding steroid dienone is 8. The van der Waals surface area contributed by atoms with Crippen molar-refractivity contribution in [1.29, 1.82) is 0 Å². The van der Waals surface area contributed by atoms with E-state index in [1.54, 1.807) is 0 Å². The zero-order valence-electron chi connectivity index (χ0n) is 55.3. The van der Waals surface area contributed by atoms with Crippen LogP contribution in [0.15, 0.2) is 48.6 Å². The van der Waals surface area contributed by atoms with E-state index in [-0.39, 0.29) is 31.1 Å². The Morgan fingerprint density at radius 3 is 0.695 bits per heavy atom. The minimum Gasteiger partial charge on any atom is -0.462 e. The van der Waals surface area contributed by atoms with Crippen LogP contribution < -0.4 is 0 Å². The molecule has 0 bridgehead atoms. The van der Waals surface area contributed by atoms with Gasteiger partial charge in [-0.2, -0.15) is 0 Å². The lowest BCUT2D eigenvalue weighted by Crippen LogP contribution is -2.30. The molecule has 0 saturated carbocycles. The fraction of sp³-hybridized carbons (Fsp3) is 0.855. The van der Waals surface area contributed by atoms with Crippen LogP contribution in [0, 0.1) is 0 Å². The van der Waals surface area contributed by atoms with Gasteiger partial charge in [-0.1, -0.05) is 345 Å². The van der Waals surface area contributed by atoms with Gasteiger partial charge in [0.05, 0.1) is 0 Å². The second kappa shape index (κ2) is 70.9. The second-order valence-corrected chi connectivity index (χ2v) is 24.9. The Bertz CT molecular complexity index is 1410. The molecule has 0 amide bonds. The molecule has 0 aliphatic heterocycles. The van der Waals surface area contributed by atoms with Crippen molar-refractivity contribution in [3.8, 4) is 0 Å². The van der Waals surface area contributed by atoms with E-state index >= 15 is 0 Å². The van der Waals surface area contributed by atoms with Crippen molar-refractivity contribution in [1.82, 2.24) is 0 Å². The number of esters is 3. The van der Waals surface area contributed by atoms with E-state index in [2.05, 4.69) is 69.4 Å². The average Bonchev–Trinajstić information content (AvgIpc) is 3.48. The van der Waals surface area contributed by atoms with Gasteiger partial charge in [0.1, 0.15) is 13.2 Å². The van der Waals surface area contributed by atoms with Gasteiger partial charge in [-0.15, -0.1) is 0 Å². The monoisotopic (exact) mass is 1150 g/mol. The lowest BCUT2D eigenvalue weighted by molar-refractivity contribution is -0.167. The third kappa shape index (κ3) is 68.2. The first-order valence-corrected chi connectivity index (χ1v) is 36.6. The maximum atomic E-state index is 13.0. The van der Waals surface area contributed by atoms with Crippen molar-refractivity contribution in [2.45, 2.75) is 406 Å². The molecule has 6 heteroatoms. The van der Waals surface area contributed by atoms with Crippen LogP contribution in [0.25, 0.3) is 0 Å². The van der Waals surface area contributed by atoms with Crippen molar-refractivity contribution < 1.29 is 28.6 Å². The number of ether oxygens (including phenoxy) is 3. The van der Waals surface area contributed by atoms with Crippen molar-refractivity contribution in [3.63, 3.8) is 0 Å². The summed E-state index contributed by atoms with van der Waals surface area (Å²) in [5, 5.41) is 0. The van der Waals surface area contributed by atoms with Crippen molar-refractivity contribution in [3.05, 3.63) is 48.6 Å². The van der Waals surface area contributed by atoms with E-state index in [1.165, 1.54) is 289 Å². The molecule has 0 spiro atoms. The van der Waals surface area contributed by atoms with Crippen LogP contribution >= 0.6 is 0 Å². The summed E-state index contributed by atoms with van der Waals surface area (Å²) in [6.07, 6.45) is 90.0. The average molecular weight is 1150 g/mol. The summed E-state index contributed by atoms with van der Waals surface area (Å²) in [5.41, 5.74) is 0. The lowest BCUT2D eigenvalue weighted by atomic mass is 10.0. The number of hydrogen-bond donors (Lipinski definition) is 0. The van der Waals surface area contributed by atoms with Crippen LogP contribution in [-0.4, -0.2) is 37.2 Å². The molecule has 0 aromatic heterocycles. The van der Waals surface area contributed by atoms with Crippen LogP contribution in [0.3, 0.4) is 0 Å². The first-order valence-electron chi connectivity index (χ1n) is 36.6. The zero-order chi connectivity index (χ0) is 59.2. The molecule has 0 fully saturated rings. The minimum absolute atomic E-state index is 0.0686. The van der Waals surface area contributed by atoms with Gasteiger partial charge in [0.25, 0.3) is 0 Å². The Kier molecular flexibility index (Phi) is 68.6. The summed E-state index contributed by atoms with van der Waals surface area (Å²) < 4.78 is 17.0. The molecule has 0 saturated heterocycles. The van der Waals surface area contributed by atoms with Gasteiger partial charge in [0.15, 0.2) is 6.10 Å². The van der Waals surface area contributed by atoms with Crippen molar-refractivity contribution in [2.24, 2.45) is 0 Å². The molecule has 0 heterocycles. The highest BCUT2D eigenvalue weighted by molar-refractivity contribution is 5.71. The summed E-state index contributed by atoms with van der Waals surface area (Å²) in [4.78, 5) is 38.5. The van der Waals surface area contributed by atoms with Crippen LogP contribution in [0.4, 0.5) is 0 Å². The number of hydrogen-bond acceptors (Lipinski definition) is 6. The molecular formula is C76H140O6. The molecule has 0 rings (SSSR count). The topological polar surface area (TPSA) is 78.9 Å². The fourth-order valence-corrected chi connectivity index (χ4v) is 11.0. The molecule has 82 heavy (non-hydrogen) atoms. The van der Waals surface area contributed by atoms with E-state index in [0.717, 1.165) is 70.6 Å². The van der Waals surface area contributed by atoms with Gasteiger partial charge in [0, 0.05) is 19.3 Å². The summed E-state index contributed by atoms with van der Waals surface area (Å²) in [6.45, 7) is 6.70. The SMILES string of the molecule is CCCCCCC/C=C\C/C=C\C/C=C\CCCCCCCCCCCCCCC(=O)OCC(COC(=O)CCCCCCCCCCCCCCCC)OC(=O)CCCCCCCCCCCCC/C=C\CCCCCCCCCC. The third-order valence-electron chi connectivity index (χ3n) is 16.6. The molecule has 0 aromatic rings. The summed E-state index contributed by atoms with van der Waals surface area (Å²) in [5.74, 6) is -0.843. The molecule has 0 aliphatic rings. The van der Waals surface area contributed by atoms with Gasteiger partial charge < -0.3 is 14.2 Å². The number of carbonyl (C=O) groups is 3. The molecular weight excluding hydrogens is 1010 g/mol. The summed E-state index contributed by atoms with van der Waals surface area (Å²) in [6, 6.07) is 0. The first kappa shape index (κ1) is 79.4. The maximum Gasteiger partial charge on any atom is 0.306 e. The van der Waals surface area contributed by atoms with Crippen LogP contribution in [-0.2, 0) is 28.6 Å². The van der Waals surface area contributed by atoms with E-state index < -0.39 is 6.10 Å². The molecule has 6 nitrogen and oxygen atoms in total. The molecule has 0 aromatic carbocycles. The van der Waals surface area contributed by atoms with Crippen molar-refractivity contribution in [2.75, 3.05) is 13.2 Å². The predicted molar refractivity (Wildman–Crippen MR) is 358 cm³/mol. The van der Waals surface area contributed by atoms with Gasteiger partial charge in [0.2, 0.25) is 0 Å². The van der Waals surface area contributed by atoms with Gasteiger partial charge >= 0.3 is 17.9 Å². The second-order valence-electron chi connectivity index (χ2n) is 24.9. The normalized spacial score (nSPS) is 12.3. The van der Waals surface area contributed by atoms with Gasteiger partial charge in [-0.05, 0) is 83.5 Å². The Morgan fingerprint density at radius 2 is 0.439 bits per heavy atom. The Hall–Kier alpha value is -2.63. The van der Waals surface area contributed by atoms with Gasteiger partial charge in [-0.3, -0.25) is 14.4 Å². The first-order chi connectivity index (χ1) is 40.5. The third-order valence-corrected chi connectivity index (χ3v) is 16.6. The van der Waals surface area contributed by atoms with Crippen LogP contribution in [0.1, 0.15) is 400 Å². The molecule has 1 unspecified atom stereocenters. The zero-order valence-corrected chi connectivity index (χ0v) is 55.3. The molecule has 1 atom stereocenters. The highest BCUT2D eigenvalue weighted by atomic mass is 16.6. The van der Waals surface area contributed by atoms with Crippen molar-refractivity contribution >= 4 is 17.9 Å². The Balaban J connectivity index is 4.26. The van der Waals surface area contributed by atoms with Gasteiger partial charge in [-0.25, -0.2) is 0 Å². The maximum absolute atomic E-state index is 13.0. The fourth-order valence-electron chi connectivity index (χ4n) is 11.0. The van der Waals surface area contributed by atoms with Crippen LogP contribution in [0.2, 0.25) is 0 Å². The highest BCUT2D eigenvalue weighted by Crippen LogP contribution is 2.18. The Morgan fingerprint density at radius 1 is 0.244 bits per heavy atom. The molecule has 0 radical (unpaired) electrons.